The molecule has 2 aliphatic rings. The molecule has 3 rings (SSSR count). The van der Waals surface area contributed by atoms with E-state index in [1.165, 1.54) is 43.2 Å². The maximum absolute atomic E-state index is 13.4. The number of fused-ring (bicyclic) bond motifs is 3. The average Bonchev–Trinajstić information content (AvgIpc) is 2.80. The summed E-state index contributed by atoms with van der Waals surface area (Å²) in [5.41, 5.74) is 7.76. The first-order valence-corrected chi connectivity index (χ1v) is 13.4. The Balaban J connectivity index is 1.41. The normalized spacial score (nSPS) is 26.5. The van der Waals surface area contributed by atoms with Gasteiger partial charge in [0, 0.05) is 6.54 Å². The standard InChI is InChI=1S/C28H47N3O2/c1-27-15-9-16-28(2,25(27)14-12-22-11-13-23(32)21-24(22)27)26(33)31-20-10-19-30-18-8-6-4-3-5-7-17-29/h11,13,21,25,30,32H,3-10,12,14-20,29H2,1-2H3,(H,31,33)/t25-,27-,28+/m1/s1. The van der Waals surface area contributed by atoms with Gasteiger partial charge in [0.1, 0.15) is 5.75 Å². The quantitative estimate of drug-likeness (QED) is 0.321. The second-order valence-corrected chi connectivity index (χ2v) is 10.9. The number of aryl methyl sites for hydroxylation is 1. The van der Waals surface area contributed by atoms with E-state index in [0.29, 0.717) is 11.7 Å². The van der Waals surface area contributed by atoms with Crippen LogP contribution < -0.4 is 16.4 Å². The molecule has 0 radical (unpaired) electrons. The first-order valence-electron chi connectivity index (χ1n) is 13.4. The van der Waals surface area contributed by atoms with Crippen LogP contribution in [0.25, 0.3) is 0 Å². The van der Waals surface area contributed by atoms with Gasteiger partial charge >= 0.3 is 0 Å². The van der Waals surface area contributed by atoms with Gasteiger partial charge in [-0.25, -0.2) is 0 Å². The van der Waals surface area contributed by atoms with Crippen molar-refractivity contribution in [1.29, 1.82) is 0 Å². The number of hydrogen-bond donors (Lipinski definition) is 4. The lowest BCUT2D eigenvalue weighted by Gasteiger charge is -2.54. The number of carbonyl (C=O) groups is 1. The molecule has 5 nitrogen and oxygen atoms in total. The summed E-state index contributed by atoms with van der Waals surface area (Å²) in [4.78, 5) is 13.4. The van der Waals surface area contributed by atoms with Crippen molar-refractivity contribution in [3.8, 4) is 5.75 Å². The highest BCUT2D eigenvalue weighted by molar-refractivity contribution is 5.83. The van der Waals surface area contributed by atoms with Crippen molar-refractivity contribution in [3.63, 3.8) is 0 Å². The van der Waals surface area contributed by atoms with Gasteiger partial charge in [-0.05, 0) is 99.2 Å². The Morgan fingerprint density at radius 1 is 1.03 bits per heavy atom. The smallest absolute Gasteiger partial charge is 0.226 e. The number of unbranched alkanes of at least 4 members (excludes halogenated alkanes) is 5. The fourth-order valence-electron chi connectivity index (χ4n) is 6.56. The molecule has 5 N–H and O–H groups in total. The van der Waals surface area contributed by atoms with Gasteiger partial charge in [0.05, 0.1) is 5.41 Å². The molecule has 1 fully saturated rings. The molecule has 1 aromatic carbocycles. The van der Waals surface area contributed by atoms with E-state index in [-0.39, 0.29) is 16.7 Å². The van der Waals surface area contributed by atoms with Gasteiger partial charge in [0.15, 0.2) is 0 Å². The summed E-state index contributed by atoms with van der Waals surface area (Å²) < 4.78 is 0. The molecule has 0 aliphatic heterocycles. The fourth-order valence-corrected chi connectivity index (χ4v) is 6.56. The number of hydrogen-bond acceptors (Lipinski definition) is 4. The first-order chi connectivity index (χ1) is 15.9. The average molecular weight is 458 g/mol. The lowest BCUT2D eigenvalue weighted by molar-refractivity contribution is -0.138. The zero-order chi connectivity index (χ0) is 23.7. The highest BCUT2D eigenvalue weighted by Crippen LogP contribution is 2.57. The van der Waals surface area contributed by atoms with E-state index in [2.05, 4.69) is 30.5 Å². The number of phenolic OH excluding ortho intramolecular Hbond substituents is 1. The summed E-state index contributed by atoms with van der Waals surface area (Å²) in [5, 5.41) is 16.9. The molecule has 0 saturated heterocycles. The van der Waals surface area contributed by atoms with Crippen LogP contribution in [0.2, 0.25) is 0 Å². The minimum atomic E-state index is -0.340. The highest BCUT2D eigenvalue weighted by atomic mass is 16.3. The number of nitrogens with two attached hydrogens (primary N) is 1. The lowest BCUT2D eigenvalue weighted by Crippen LogP contribution is -2.55. The van der Waals surface area contributed by atoms with E-state index in [9.17, 15) is 9.90 Å². The van der Waals surface area contributed by atoms with E-state index in [1.54, 1.807) is 6.07 Å². The number of carbonyl (C=O) groups excluding carboxylic acids is 1. The van der Waals surface area contributed by atoms with Crippen LogP contribution in [0.3, 0.4) is 0 Å². The molecule has 0 heterocycles. The molecule has 0 unspecified atom stereocenters. The van der Waals surface area contributed by atoms with Crippen LogP contribution in [0, 0.1) is 11.3 Å². The summed E-state index contributed by atoms with van der Waals surface area (Å²) in [6.07, 6.45) is 13.6. The number of amides is 1. The Morgan fingerprint density at radius 2 is 1.76 bits per heavy atom. The van der Waals surface area contributed by atoms with Gasteiger partial charge in [-0.1, -0.05) is 52.0 Å². The predicted octanol–water partition coefficient (Wildman–Crippen LogP) is 4.80. The van der Waals surface area contributed by atoms with Crippen LogP contribution in [-0.4, -0.2) is 37.2 Å². The summed E-state index contributed by atoms with van der Waals surface area (Å²) in [6.45, 7) is 8.08. The number of aromatic hydroxyl groups is 1. The molecular formula is C28H47N3O2. The van der Waals surface area contributed by atoms with Crippen molar-refractivity contribution in [2.24, 2.45) is 17.1 Å². The molecule has 186 valence electrons. The highest BCUT2D eigenvalue weighted by Gasteiger charge is 2.54. The van der Waals surface area contributed by atoms with Crippen molar-refractivity contribution >= 4 is 5.91 Å². The number of nitrogens with one attached hydrogen (secondary N) is 2. The molecule has 5 heteroatoms. The Morgan fingerprint density at radius 3 is 2.55 bits per heavy atom. The van der Waals surface area contributed by atoms with Gasteiger partial charge in [-0.15, -0.1) is 0 Å². The summed E-state index contributed by atoms with van der Waals surface area (Å²) in [7, 11) is 0. The Kier molecular flexibility index (Phi) is 9.63. The molecule has 1 saturated carbocycles. The zero-order valence-electron chi connectivity index (χ0n) is 21.1. The van der Waals surface area contributed by atoms with E-state index >= 15 is 0 Å². The van der Waals surface area contributed by atoms with Crippen molar-refractivity contribution in [3.05, 3.63) is 29.3 Å². The maximum atomic E-state index is 13.4. The Hall–Kier alpha value is -1.59. The van der Waals surface area contributed by atoms with Gasteiger partial charge in [-0.2, -0.15) is 0 Å². The van der Waals surface area contributed by atoms with Crippen molar-refractivity contribution in [2.75, 3.05) is 26.2 Å². The van der Waals surface area contributed by atoms with Crippen LogP contribution >= 0.6 is 0 Å². The maximum Gasteiger partial charge on any atom is 0.226 e. The van der Waals surface area contributed by atoms with Gasteiger partial charge in [0.2, 0.25) is 5.91 Å². The Bertz CT molecular complexity index is 768. The molecule has 33 heavy (non-hydrogen) atoms. The minimum absolute atomic E-state index is 0.0392. The molecule has 3 atom stereocenters. The van der Waals surface area contributed by atoms with Crippen LogP contribution in [0.5, 0.6) is 5.75 Å². The third-order valence-corrected chi connectivity index (χ3v) is 8.48. The van der Waals surface area contributed by atoms with Crippen molar-refractivity contribution in [2.45, 2.75) is 96.3 Å². The summed E-state index contributed by atoms with van der Waals surface area (Å²) >= 11 is 0. The molecule has 2 aliphatic carbocycles. The van der Waals surface area contributed by atoms with Gasteiger partial charge in [-0.3, -0.25) is 4.79 Å². The lowest BCUT2D eigenvalue weighted by atomic mass is 9.49. The molecular weight excluding hydrogens is 410 g/mol. The van der Waals surface area contributed by atoms with Crippen LogP contribution in [-0.2, 0) is 16.6 Å². The third kappa shape index (κ3) is 6.30. The van der Waals surface area contributed by atoms with Gasteiger partial charge in [0.25, 0.3) is 0 Å². The number of benzene rings is 1. The fraction of sp³-hybridized carbons (Fsp3) is 0.750. The Labute approximate surface area is 201 Å². The van der Waals surface area contributed by atoms with Crippen LogP contribution in [0.4, 0.5) is 0 Å². The first kappa shape index (κ1) is 26.0. The minimum Gasteiger partial charge on any atom is -0.508 e. The van der Waals surface area contributed by atoms with Crippen LogP contribution in [0.1, 0.15) is 95.6 Å². The largest absolute Gasteiger partial charge is 0.508 e. The second kappa shape index (κ2) is 12.2. The molecule has 0 spiro atoms. The molecule has 0 aromatic heterocycles. The third-order valence-electron chi connectivity index (χ3n) is 8.48. The van der Waals surface area contributed by atoms with Crippen LogP contribution in [0.15, 0.2) is 18.2 Å². The van der Waals surface area contributed by atoms with E-state index in [4.69, 9.17) is 5.73 Å². The number of rotatable bonds is 13. The SMILES string of the molecule is C[C@]1(C(=O)NCCCNCCCCCCCCN)CCC[C@]2(C)c3cc(O)ccc3CC[C@@H]12. The monoisotopic (exact) mass is 457 g/mol. The second-order valence-electron chi connectivity index (χ2n) is 10.9. The predicted molar refractivity (Wildman–Crippen MR) is 136 cm³/mol. The molecule has 0 bridgehead atoms. The zero-order valence-corrected chi connectivity index (χ0v) is 21.1. The van der Waals surface area contributed by atoms with E-state index in [1.807, 2.05) is 6.07 Å². The number of phenols is 1. The molecule has 1 aromatic rings. The molecule has 1 amide bonds. The van der Waals surface area contributed by atoms with E-state index < -0.39 is 0 Å². The topological polar surface area (TPSA) is 87.4 Å². The van der Waals surface area contributed by atoms with Crippen molar-refractivity contribution < 1.29 is 9.90 Å². The van der Waals surface area contributed by atoms with Crippen molar-refractivity contribution in [1.82, 2.24) is 10.6 Å². The van der Waals surface area contributed by atoms with E-state index in [0.717, 1.165) is 71.1 Å². The van der Waals surface area contributed by atoms with Gasteiger partial charge < -0.3 is 21.5 Å². The summed E-state index contributed by atoms with van der Waals surface area (Å²) in [6, 6.07) is 5.83. The summed E-state index contributed by atoms with van der Waals surface area (Å²) in [5.74, 6) is 0.877.